The first-order valence-electron chi connectivity index (χ1n) is 9.14. The number of hydrogen-bond acceptors (Lipinski definition) is 4. The van der Waals surface area contributed by atoms with E-state index in [0.717, 1.165) is 35.2 Å². The molecule has 2 aliphatic rings. The second-order valence-electron chi connectivity index (χ2n) is 6.99. The van der Waals surface area contributed by atoms with Crippen LogP contribution in [0.5, 0.6) is 0 Å². The highest BCUT2D eigenvalue weighted by Crippen LogP contribution is 2.40. The van der Waals surface area contributed by atoms with Crippen molar-refractivity contribution >= 4 is 22.5 Å². The molecule has 1 fully saturated rings. The Balaban J connectivity index is 1.50. The number of allylic oxidation sites excluding steroid dienone is 2. The molecule has 1 saturated carbocycles. The number of para-hydroxylation sites is 1. The summed E-state index contributed by atoms with van der Waals surface area (Å²) in [5.41, 5.74) is 6.55. The number of pyridine rings is 2. The normalized spacial score (nSPS) is 21.9. The number of rotatable bonds is 3. The van der Waals surface area contributed by atoms with Crippen LogP contribution in [0.3, 0.4) is 0 Å². The molecule has 0 aliphatic heterocycles. The largest absolute Gasteiger partial charge is 0.272 e. The van der Waals surface area contributed by atoms with Gasteiger partial charge in [-0.3, -0.25) is 9.78 Å². The van der Waals surface area contributed by atoms with Gasteiger partial charge in [0.1, 0.15) is 0 Å². The van der Waals surface area contributed by atoms with E-state index in [1.54, 1.807) is 12.3 Å². The van der Waals surface area contributed by atoms with Gasteiger partial charge in [0.05, 0.1) is 22.5 Å². The first kappa shape index (κ1) is 15.9. The molecule has 0 radical (unpaired) electrons. The summed E-state index contributed by atoms with van der Waals surface area (Å²) in [5.74, 6) is 0.866. The average Bonchev–Trinajstić information content (AvgIpc) is 3.08. The summed E-state index contributed by atoms with van der Waals surface area (Å²) < 4.78 is 0. The molecule has 2 atom stereocenters. The van der Waals surface area contributed by atoms with Gasteiger partial charge < -0.3 is 0 Å². The lowest BCUT2D eigenvalue weighted by atomic mass is 9.74. The van der Waals surface area contributed by atoms with Crippen LogP contribution < -0.4 is 5.43 Å². The van der Waals surface area contributed by atoms with Crippen LogP contribution in [0.1, 0.15) is 23.2 Å². The Morgan fingerprint density at radius 3 is 2.85 bits per heavy atom. The van der Waals surface area contributed by atoms with Crippen LogP contribution >= 0.6 is 0 Å². The third-order valence-electron chi connectivity index (χ3n) is 5.34. The molecule has 0 saturated heterocycles. The lowest BCUT2D eigenvalue weighted by Gasteiger charge is -2.31. The molecule has 2 aliphatic carbocycles. The summed E-state index contributed by atoms with van der Waals surface area (Å²) in [6.45, 7) is 0. The molecular formula is C22H18N4O. The average molecular weight is 354 g/mol. The quantitative estimate of drug-likeness (QED) is 0.571. The summed E-state index contributed by atoms with van der Waals surface area (Å²) in [5, 5.41) is 5.20. The molecule has 2 heterocycles. The van der Waals surface area contributed by atoms with E-state index < -0.39 is 0 Å². The van der Waals surface area contributed by atoms with Gasteiger partial charge >= 0.3 is 0 Å². The number of aromatic nitrogens is 2. The molecule has 27 heavy (non-hydrogen) atoms. The predicted octanol–water partition coefficient (Wildman–Crippen LogP) is 3.98. The van der Waals surface area contributed by atoms with Crippen molar-refractivity contribution in [3.05, 3.63) is 72.4 Å². The molecule has 1 aromatic carbocycles. The first-order chi connectivity index (χ1) is 13.3. The van der Waals surface area contributed by atoms with Crippen LogP contribution in [-0.4, -0.2) is 21.6 Å². The Labute approximate surface area is 156 Å². The van der Waals surface area contributed by atoms with E-state index in [1.807, 2.05) is 42.5 Å². The number of carbonyl (C=O) groups excluding carboxylic acids is 1. The number of amides is 1. The summed E-state index contributed by atoms with van der Waals surface area (Å²) in [6.07, 6.45) is 8.21. The standard InChI is InChI=1S/C22H18N4O/c27-22(26-25-20-12-14-6-5-8-15(14)20)17-13-21(19-10-3-4-11-23-19)24-18-9-2-1-7-16(17)18/h1-5,7-11,13-15H,6,12H2,(H,26,27)/b25-20-. The monoisotopic (exact) mass is 354 g/mol. The maximum Gasteiger partial charge on any atom is 0.272 e. The predicted molar refractivity (Wildman–Crippen MR) is 105 cm³/mol. The van der Waals surface area contributed by atoms with Gasteiger partial charge in [0.2, 0.25) is 0 Å². The molecule has 2 unspecified atom stereocenters. The lowest BCUT2D eigenvalue weighted by Crippen LogP contribution is -2.35. The second kappa shape index (κ2) is 6.43. The Kier molecular flexibility index (Phi) is 3.78. The zero-order chi connectivity index (χ0) is 18.2. The van der Waals surface area contributed by atoms with Crippen LogP contribution in [-0.2, 0) is 0 Å². The maximum absolute atomic E-state index is 12.9. The Hall–Kier alpha value is -3.34. The van der Waals surface area contributed by atoms with Crippen molar-refractivity contribution in [1.82, 2.24) is 15.4 Å². The van der Waals surface area contributed by atoms with Gasteiger partial charge in [0.25, 0.3) is 5.91 Å². The summed E-state index contributed by atoms with van der Waals surface area (Å²) in [7, 11) is 0. The molecule has 0 bridgehead atoms. The van der Waals surface area contributed by atoms with Crippen molar-refractivity contribution in [2.45, 2.75) is 12.8 Å². The lowest BCUT2D eigenvalue weighted by molar-refractivity contribution is 0.0955. The third kappa shape index (κ3) is 2.81. The van der Waals surface area contributed by atoms with Crippen LogP contribution in [0.25, 0.3) is 22.3 Å². The van der Waals surface area contributed by atoms with Gasteiger partial charge in [-0.25, -0.2) is 10.4 Å². The molecule has 1 amide bonds. The molecule has 5 nitrogen and oxygen atoms in total. The van der Waals surface area contributed by atoms with Crippen LogP contribution in [0.2, 0.25) is 0 Å². The molecule has 1 N–H and O–H groups in total. The van der Waals surface area contributed by atoms with E-state index in [-0.39, 0.29) is 5.91 Å². The summed E-state index contributed by atoms with van der Waals surface area (Å²) in [6, 6.07) is 15.1. The number of nitrogens with one attached hydrogen (secondary N) is 1. The summed E-state index contributed by atoms with van der Waals surface area (Å²) >= 11 is 0. The van der Waals surface area contributed by atoms with Gasteiger partial charge in [-0.15, -0.1) is 0 Å². The van der Waals surface area contributed by atoms with Crippen molar-refractivity contribution in [1.29, 1.82) is 0 Å². The van der Waals surface area contributed by atoms with Crippen molar-refractivity contribution in [2.75, 3.05) is 0 Å². The smallest absolute Gasteiger partial charge is 0.267 e. The number of fused-ring (bicyclic) bond motifs is 2. The zero-order valence-corrected chi connectivity index (χ0v) is 14.7. The number of nitrogens with zero attached hydrogens (tertiary/aromatic N) is 3. The van der Waals surface area contributed by atoms with Gasteiger partial charge in [0, 0.05) is 23.2 Å². The van der Waals surface area contributed by atoms with Gasteiger partial charge in [-0.05, 0) is 43.0 Å². The van der Waals surface area contributed by atoms with E-state index in [4.69, 9.17) is 0 Å². The fourth-order valence-corrected chi connectivity index (χ4v) is 3.85. The molecule has 132 valence electrons. The van der Waals surface area contributed by atoms with E-state index in [1.165, 1.54) is 0 Å². The molecule has 5 rings (SSSR count). The Morgan fingerprint density at radius 2 is 2.00 bits per heavy atom. The van der Waals surface area contributed by atoms with Crippen molar-refractivity contribution < 1.29 is 4.79 Å². The van der Waals surface area contributed by atoms with Crippen molar-refractivity contribution in [2.24, 2.45) is 16.9 Å². The van der Waals surface area contributed by atoms with E-state index in [2.05, 4.69) is 32.6 Å². The minimum absolute atomic E-state index is 0.219. The Morgan fingerprint density at radius 1 is 1.11 bits per heavy atom. The highest BCUT2D eigenvalue weighted by atomic mass is 16.2. The minimum atomic E-state index is -0.219. The Bertz CT molecular complexity index is 1090. The van der Waals surface area contributed by atoms with Crippen molar-refractivity contribution in [3.8, 4) is 11.4 Å². The number of carbonyl (C=O) groups is 1. The topological polar surface area (TPSA) is 67.2 Å². The van der Waals surface area contributed by atoms with E-state index in [0.29, 0.717) is 23.1 Å². The highest BCUT2D eigenvalue weighted by Gasteiger charge is 2.37. The second-order valence-corrected chi connectivity index (χ2v) is 6.99. The van der Waals surface area contributed by atoms with Crippen molar-refractivity contribution in [3.63, 3.8) is 0 Å². The highest BCUT2D eigenvalue weighted by molar-refractivity contribution is 6.07. The molecule has 2 aromatic heterocycles. The molecular weight excluding hydrogens is 336 g/mol. The van der Waals surface area contributed by atoms with E-state index in [9.17, 15) is 4.79 Å². The van der Waals surface area contributed by atoms with Gasteiger partial charge in [-0.1, -0.05) is 36.4 Å². The maximum atomic E-state index is 12.9. The van der Waals surface area contributed by atoms with E-state index >= 15 is 0 Å². The number of hydrogen-bond donors (Lipinski definition) is 1. The zero-order valence-electron chi connectivity index (χ0n) is 14.7. The minimum Gasteiger partial charge on any atom is -0.267 e. The SMILES string of the molecule is O=C(N/N=C1/CC2CC=CC12)c1cc(-c2ccccn2)nc2ccccc12. The first-order valence-corrected chi connectivity index (χ1v) is 9.14. The fraction of sp³-hybridized carbons (Fsp3) is 0.182. The molecule has 3 aromatic rings. The number of benzene rings is 1. The molecule has 0 spiro atoms. The van der Waals surface area contributed by atoms with Crippen LogP contribution in [0.15, 0.2) is 72.0 Å². The van der Waals surface area contributed by atoms with Gasteiger partial charge in [0.15, 0.2) is 0 Å². The van der Waals surface area contributed by atoms with Crippen LogP contribution in [0, 0.1) is 11.8 Å². The van der Waals surface area contributed by atoms with Crippen LogP contribution in [0.4, 0.5) is 0 Å². The van der Waals surface area contributed by atoms with Gasteiger partial charge in [-0.2, -0.15) is 5.10 Å². The third-order valence-corrected chi connectivity index (χ3v) is 5.34. The number of hydrazone groups is 1. The summed E-state index contributed by atoms with van der Waals surface area (Å²) in [4.78, 5) is 21.9. The molecule has 5 heteroatoms. The fourth-order valence-electron chi connectivity index (χ4n) is 3.85.